The minimum Gasteiger partial charge on any atom is -0.396 e. The van der Waals surface area contributed by atoms with Crippen molar-refractivity contribution in [3.05, 3.63) is 29.8 Å². The van der Waals surface area contributed by atoms with Gasteiger partial charge in [0.2, 0.25) is 0 Å². The monoisotopic (exact) mass is 267 g/mol. The Morgan fingerprint density at radius 3 is 2.33 bits per heavy atom. The highest BCUT2D eigenvalue weighted by atomic mass is 32.2. The van der Waals surface area contributed by atoms with Crippen LogP contribution in [0.2, 0.25) is 0 Å². The third-order valence-electron chi connectivity index (χ3n) is 3.65. The summed E-state index contributed by atoms with van der Waals surface area (Å²) >= 11 is 1.77. The molecular weight excluding hydrogens is 242 g/mol. The van der Waals surface area contributed by atoms with E-state index >= 15 is 0 Å². The summed E-state index contributed by atoms with van der Waals surface area (Å²) in [6.45, 7) is 5.63. The van der Waals surface area contributed by atoms with Gasteiger partial charge in [-0.3, -0.25) is 0 Å². The van der Waals surface area contributed by atoms with E-state index < -0.39 is 0 Å². The van der Waals surface area contributed by atoms with E-state index in [1.807, 2.05) is 0 Å². The SMILES string of the molecule is CSc1ccc(CCN(C)C(C)(C)CCO)cc1. The number of aliphatic hydroxyl groups excluding tert-OH is 1. The van der Waals surface area contributed by atoms with Gasteiger partial charge in [-0.1, -0.05) is 12.1 Å². The predicted octanol–water partition coefficient (Wildman–Crippen LogP) is 3.04. The molecule has 1 N–H and O–H groups in total. The van der Waals surface area contributed by atoms with Crippen molar-refractivity contribution >= 4 is 11.8 Å². The van der Waals surface area contributed by atoms with Crippen LogP contribution in [0.25, 0.3) is 0 Å². The summed E-state index contributed by atoms with van der Waals surface area (Å²) in [5.74, 6) is 0. The maximum absolute atomic E-state index is 9.06. The Labute approximate surface area is 115 Å². The van der Waals surface area contributed by atoms with Gasteiger partial charge >= 0.3 is 0 Å². The average molecular weight is 267 g/mol. The smallest absolute Gasteiger partial charge is 0.0448 e. The van der Waals surface area contributed by atoms with E-state index in [2.05, 4.69) is 56.3 Å². The van der Waals surface area contributed by atoms with Crippen molar-refractivity contribution in [1.29, 1.82) is 0 Å². The molecule has 3 heteroatoms. The molecule has 0 heterocycles. The Morgan fingerprint density at radius 2 is 1.83 bits per heavy atom. The predicted molar refractivity (Wildman–Crippen MR) is 80.3 cm³/mol. The summed E-state index contributed by atoms with van der Waals surface area (Å²) in [6, 6.07) is 8.77. The lowest BCUT2D eigenvalue weighted by atomic mass is 9.98. The van der Waals surface area contributed by atoms with Gasteiger partial charge in [-0.25, -0.2) is 0 Å². The van der Waals surface area contributed by atoms with Gasteiger partial charge in [0.15, 0.2) is 0 Å². The van der Waals surface area contributed by atoms with Crippen LogP contribution in [0.5, 0.6) is 0 Å². The van der Waals surface area contributed by atoms with Crippen molar-refractivity contribution < 1.29 is 5.11 Å². The summed E-state index contributed by atoms with van der Waals surface area (Å²) in [5.41, 5.74) is 1.44. The average Bonchev–Trinajstić information content (AvgIpc) is 2.36. The standard InChI is InChI=1S/C15H25NOS/c1-15(2,10-12-17)16(3)11-9-13-5-7-14(18-4)8-6-13/h5-8,17H,9-12H2,1-4H3. The topological polar surface area (TPSA) is 23.5 Å². The molecule has 0 aliphatic carbocycles. The van der Waals surface area contributed by atoms with E-state index in [-0.39, 0.29) is 12.1 Å². The molecule has 2 nitrogen and oxygen atoms in total. The molecule has 0 bridgehead atoms. The first-order valence-corrected chi connectivity index (χ1v) is 7.67. The largest absolute Gasteiger partial charge is 0.396 e. The molecule has 0 aromatic heterocycles. The van der Waals surface area contributed by atoms with Gasteiger partial charge in [-0.15, -0.1) is 11.8 Å². The van der Waals surface area contributed by atoms with Gasteiger partial charge in [0, 0.05) is 23.6 Å². The molecular formula is C15H25NOS. The first-order chi connectivity index (χ1) is 8.49. The number of thioether (sulfide) groups is 1. The molecule has 0 unspecified atom stereocenters. The van der Waals surface area contributed by atoms with Crippen LogP contribution in [0.15, 0.2) is 29.2 Å². The van der Waals surface area contributed by atoms with Crippen LogP contribution in [-0.2, 0) is 6.42 Å². The van der Waals surface area contributed by atoms with Crippen molar-refractivity contribution in [3.63, 3.8) is 0 Å². The Morgan fingerprint density at radius 1 is 1.22 bits per heavy atom. The number of likely N-dealkylation sites (N-methyl/N-ethyl adjacent to an activating group) is 1. The highest BCUT2D eigenvalue weighted by molar-refractivity contribution is 7.98. The Bertz CT molecular complexity index is 348. The Kier molecular flexibility index (Phi) is 6.19. The molecule has 0 aliphatic rings. The summed E-state index contributed by atoms with van der Waals surface area (Å²) in [5, 5.41) is 9.06. The molecule has 0 fully saturated rings. The molecule has 0 saturated carbocycles. The summed E-state index contributed by atoms with van der Waals surface area (Å²) in [4.78, 5) is 3.64. The normalized spacial score (nSPS) is 12.1. The van der Waals surface area contributed by atoms with Gasteiger partial charge in [-0.2, -0.15) is 0 Å². The van der Waals surface area contributed by atoms with E-state index in [9.17, 15) is 0 Å². The van der Waals surface area contributed by atoms with E-state index in [4.69, 9.17) is 5.11 Å². The maximum Gasteiger partial charge on any atom is 0.0448 e. The fraction of sp³-hybridized carbons (Fsp3) is 0.600. The van der Waals surface area contributed by atoms with Gasteiger partial charge in [0.25, 0.3) is 0 Å². The number of benzene rings is 1. The highest BCUT2D eigenvalue weighted by Gasteiger charge is 2.22. The zero-order valence-electron chi connectivity index (χ0n) is 11.9. The van der Waals surface area contributed by atoms with Crippen molar-refractivity contribution in [2.24, 2.45) is 0 Å². The van der Waals surface area contributed by atoms with Crippen LogP contribution in [0, 0.1) is 0 Å². The number of hydrogen-bond acceptors (Lipinski definition) is 3. The van der Waals surface area contributed by atoms with E-state index in [1.54, 1.807) is 11.8 Å². The number of nitrogens with zero attached hydrogens (tertiary/aromatic N) is 1. The lowest BCUT2D eigenvalue weighted by Gasteiger charge is -2.35. The van der Waals surface area contributed by atoms with E-state index in [1.165, 1.54) is 10.5 Å². The van der Waals surface area contributed by atoms with E-state index in [0.717, 1.165) is 19.4 Å². The zero-order valence-corrected chi connectivity index (χ0v) is 12.8. The quantitative estimate of drug-likeness (QED) is 0.768. The summed E-state index contributed by atoms with van der Waals surface area (Å²) < 4.78 is 0. The molecule has 18 heavy (non-hydrogen) atoms. The molecule has 102 valence electrons. The van der Waals surface area contributed by atoms with Crippen LogP contribution in [0.3, 0.4) is 0 Å². The van der Waals surface area contributed by atoms with Crippen molar-refractivity contribution in [2.45, 2.75) is 37.1 Å². The first kappa shape index (κ1) is 15.5. The van der Waals surface area contributed by atoms with Gasteiger partial charge in [0.05, 0.1) is 0 Å². The summed E-state index contributed by atoms with van der Waals surface area (Å²) in [6.07, 6.45) is 3.97. The molecule has 1 aromatic carbocycles. The molecule has 0 aliphatic heterocycles. The second kappa shape index (κ2) is 7.17. The Hall–Kier alpha value is -0.510. The molecule has 0 amide bonds. The lowest BCUT2D eigenvalue weighted by Crippen LogP contribution is -2.42. The maximum atomic E-state index is 9.06. The highest BCUT2D eigenvalue weighted by Crippen LogP contribution is 2.18. The molecule has 1 rings (SSSR count). The summed E-state index contributed by atoms with van der Waals surface area (Å²) in [7, 11) is 2.13. The third kappa shape index (κ3) is 4.63. The van der Waals surface area contributed by atoms with Gasteiger partial charge in [-0.05, 0) is 57.7 Å². The van der Waals surface area contributed by atoms with E-state index in [0.29, 0.717) is 0 Å². The van der Waals surface area contributed by atoms with Crippen LogP contribution >= 0.6 is 11.8 Å². The van der Waals surface area contributed by atoms with Crippen molar-refractivity contribution in [2.75, 3.05) is 26.5 Å². The number of hydrogen-bond donors (Lipinski definition) is 1. The fourth-order valence-electron chi connectivity index (χ4n) is 1.86. The molecule has 0 spiro atoms. The molecule has 0 saturated heterocycles. The zero-order chi connectivity index (χ0) is 13.6. The molecule has 0 atom stereocenters. The molecule has 0 radical (unpaired) electrons. The van der Waals surface area contributed by atoms with Crippen LogP contribution in [0.1, 0.15) is 25.8 Å². The second-order valence-electron chi connectivity index (χ2n) is 5.31. The van der Waals surface area contributed by atoms with Gasteiger partial charge in [0.1, 0.15) is 0 Å². The number of rotatable bonds is 7. The fourth-order valence-corrected chi connectivity index (χ4v) is 2.26. The Balaban J connectivity index is 2.48. The van der Waals surface area contributed by atoms with Crippen molar-refractivity contribution in [1.82, 2.24) is 4.90 Å². The van der Waals surface area contributed by atoms with Crippen LogP contribution in [-0.4, -0.2) is 42.0 Å². The number of aliphatic hydroxyl groups is 1. The van der Waals surface area contributed by atoms with Gasteiger partial charge < -0.3 is 10.0 Å². The molecule has 1 aromatic rings. The minimum atomic E-state index is 0.0635. The van der Waals surface area contributed by atoms with Crippen LogP contribution in [0.4, 0.5) is 0 Å². The minimum absolute atomic E-state index is 0.0635. The second-order valence-corrected chi connectivity index (χ2v) is 6.19. The lowest BCUT2D eigenvalue weighted by molar-refractivity contribution is 0.118. The first-order valence-electron chi connectivity index (χ1n) is 6.44. The third-order valence-corrected chi connectivity index (χ3v) is 4.40. The van der Waals surface area contributed by atoms with Crippen LogP contribution < -0.4 is 0 Å². The van der Waals surface area contributed by atoms with Crippen molar-refractivity contribution in [3.8, 4) is 0 Å².